The number of likely N-dealkylation sites (N-methyl/N-ethyl adjacent to an activating group) is 1. The lowest BCUT2D eigenvalue weighted by Crippen LogP contribution is -3.11. The van der Waals surface area contributed by atoms with Crippen molar-refractivity contribution in [2.24, 2.45) is 0 Å². The van der Waals surface area contributed by atoms with E-state index in [9.17, 15) is 13.8 Å². The second kappa shape index (κ2) is 8.45. The molecular formula is C20H23N2O4S+. The number of nitrogens with zero attached hydrogens (tertiary/aromatic N) is 1. The standard InChI is InChI=1S/C20H22N2O4S/c1-3-21(4-2)13-14-26-20(24)15-9-11-16(12-10-15)22-19(23)17-7-5-6-8-18(17)27(22)25/h5-12H,3-4,13-14H2,1-2H3/p+1. The van der Waals surface area contributed by atoms with Gasteiger partial charge >= 0.3 is 5.97 Å². The molecule has 0 bridgehead atoms. The number of rotatable bonds is 7. The monoisotopic (exact) mass is 387 g/mol. The van der Waals surface area contributed by atoms with Crippen LogP contribution in [0.4, 0.5) is 5.69 Å². The smallest absolute Gasteiger partial charge is 0.338 e. The predicted molar refractivity (Wildman–Crippen MR) is 103 cm³/mol. The van der Waals surface area contributed by atoms with Gasteiger partial charge in [0, 0.05) is 0 Å². The van der Waals surface area contributed by atoms with Crippen molar-refractivity contribution in [2.75, 3.05) is 30.5 Å². The highest BCUT2D eigenvalue weighted by atomic mass is 32.2. The third-order valence-corrected chi connectivity index (χ3v) is 6.12. The van der Waals surface area contributed by atoms with Crippen LogP contribution in [0.2, 0.25) is 0 Å². The fourth-order valence-electron chi connectivity index (χ4n) is 3.00. The minimum absolute atomic E-state index is 0.304. The van der Waals surface area contributed by atoms with Gasteiger partial charge in [0.1, 0.15) is 13.2 Å². The molecule has 1 aliphatic heterocycles. The number of hydrogen-bond donors (Lipinski definition) is 1. The third kappa shape index (κ3) is 3.94. The molecule has 1 amide bonds. The molecule has 0 fully saturated rings. The number of benzene rings is 2. The van der Waals surface area contributed by atoms with E-state index in [1.54, 1.807) is 48.5 Å². The number of esters is 1. The summed E-state index contributed by atoms with van der Waals surface area (Å²) in [5.41, 5.74) is 1.33. The van der Waals surface area contributed by atoms with Crippen LogP contribution in [0.3, 0.4) is 0 Å². The molecule has 0 radical (unpaired) electrons. The van der Waals surface area contributed by atoms with Crippen LogP contribution in [0.15, 0.2) is 53.4 Å². The fourth-order valence-corrected chi connectivity index (χ4v) is 4.30. The maximum atomic E-state index is 12.6. The molecule has 0 saturated carbocycles. The van der Waals surface area contributed by atoms with Gasteiger partial charge in [-0.3, -0.25) is 4.79 Å². The number of quaternary nitrogens is 1. The van der Waals surface area contributed by atoms with Crippen LogP contribution in [0.1, 0.15) is 34.6 Å². The minimum atomic E-state index is -1.58. The number of hydrogen-bond acceptors (Lipinski definition) is 4. The van der Waals surface area contributed by atoms with Gasteiger partial charge in [0.15, 0.2) is 11.0 Å². The summed E-state index contributed by atoms with van der Waals surface area (Å²) in [7, 11) is -1.58. The summed E-state index contributed by atoms with van der Waals surface area (Å²) < 4.78 is 19.2. The quantitative estimate of drug-likeness (QED) is 0.731. The van der Waals surface area contributed by atoms with E-state index in [0.717, 1.165) is 19.6 Å². The SMILES string of the molecule is CC[NH+](CC)CCOC(=O)c1ccc(N2C(=O)c3ccccc3S2=O)cc1. The van der Waals surface area contributed by atoms with Crippen molar-refractivity contribution in [1.82, 2.24) is 0 Å². The molecule has 2 aromatic rings. The number of carbonyl (C=O) groups is 2. The summed E-state index contributed by atoms with van der Waals surface area (Å²) in [6.45, 7) is 7.32. The fraction of sp³-hybridized carbons (Fsp3) is 0.300. The molecule has 1 aliphatic rings. The molecule has 1 atom stereocenters. The summed E-state index contributed by atoms with van der Waals surface area (Å²) in [6, 6.07) is 13.3. The van der Waals surface area contributed by atoms with E-state index in [4.69, 9.17) is 4.74 Å². The van der Waals surface area contributed by atoms with Crippen LogP contribution in [0.25, 0.3) is 0 Å². The average molecular weight is 387 g/mol. The average Bonchev–Trinajstić information content (AvgIpc) is 2.96. The molecule has 7 heteroatoms. The van der Waals surface area contributed by atoms with E-state index in [-0.39, 0.29) is 5.91 Å². The highest BCUT2D eigenvalue weighted by Gasteiger charge is 2.35. The number of anilines is 1. The minimum Gasteiger partial charge on any atom is -0.456 e. The first-order valence-electron chi connectivity index (χ1n) is 9.03. The summed E-state index contributed by atoms with van der Waals surface area (Å²) in [6.07, 6.45) is 0. The Balaban J connectivity index is 1.67. The molecule has 0 aromatic heterocycles. The van der Waals surface area contributed by atoms with Gasteiger partial charge in [-0.2, -0.15) is 0 Å². The first kappa shape index (κ1) is 19.3. The topological polar surface area (TPSA) is 68.1 Å². The van der Waals surface area contributed by atoms with Crippen molar-refractivity contribution in [3.63, 3.8) is 0 Å². The zero-order chi connectivity index (χ0) is 19.4. The van der Waals surface area contributed by atoms with E-state index < -0.39 is 17.0 Å². The molecular weight excluding hydrogens is 364 g/mol. The highest BCUT2D eigenvalue weighted by Crippen LogP contribution is 2.31. The Morgan fingerprint density at radius 2 is 1.74 bits per heavy atom. The van der Waals surface area contributed by atoms with Gasteiger partial charge in [0.05, 0.1) is 34.8 Å². The lowest BCUT2D eigenvalue weighted by molar-refractivity contribution is -0.896. The molecule has 3 rings (SSSR count). The van der Waals surface area contributed by atoms with Gasteiger partial charge in [-0.15, -0.1) is 0 Å². The maximum Gasteiger partial charge on any atom is 0.338 e. The van der Waals surface area contributed by atoms with Crippen LogP contribution in [-0.4, -0.2) is 42.3 Å². The molecule has 0 aliphatic carbocycles. The molecule has 2 aromatic carbocycles. The van der Waals surface area contributed by atoms with Gasteiger partial charge in [-0.1, -0.05) is 12.1 Å². The van der Waals surface area contributed by atoms with Crippen LogP contribution < -0.4 is 9.21 Å². The Labute approximate surface area is 161 Å². The van der Waals surface area contributed by atoms with Crippen LogP contribution in [0, 0.1) is 0 Å². The van der Waals surface area contributed by atoms with Crippen LogP contribution in [0.5, 0.6) is 0 Å². The van der Waals surface area contributed by atoms with Gasteiger partial charge in [-0.05, 0) is 50.2 Å². The Morgan fingerprint density at radius 3 is 2.37 bits per heavy atom. The van der Waals surface area contributed by atoms with Crippen LogP contribution in [-0.2, 0) is 15.7 Å². The molecule has 142 valence electrons. The molecule has 1 unspecified atom stereocenters. The largest absolute Gasteiger partial charge is 0.456 e. The number of amides is 1. The van der Waals surface area contributed by atoms with E-state index in [0.29, 0.717) is 28.3 Å². The number of nitrogens with one attached hydrogen (secondary N) is 1. The Morgan fingerprint density at radius 1 is 1.07 bits per heavy atom. The predicted octanol–water partition coefficient (Wildman–Crippen LogP) is 1.45. The summed E-state index contributed by atoms with van der Waals surface area (Å²) in [4.78, 5) is 26.6. The Bertz CT molecular complexity index is 828. The maximum absolute atomic E-state index is 12.6. The van der Waals surface area contributed by atoms with Crippen molar-refractivity contribution in [3.05, 3.63) is 59.7 Å². The summed E-state index contributed by atoms with van der Waals surface area (Å²) in [5.74, 6) is -0.702. The van der Waals surface area contributed by atoms with Crippen molar-refractivity contribution in [3.8, 4) is 0 Å². The first-order chi connectivity index (χ1) is 13.1. The number of ether oxygens (including phenoxy) is 1. The van der Waals surface area contributed by atoms with E-state index in [1.165, 1.54) is 9.21 Å². The zero-order valence-electron chi connectivity index (χ0n) is 15.4. The van der Waals surface area contributed by atoms with Crippen molar-refractivity contribution < 1.29 is 23.4 Å². The molecule has 1 heterocycles. The molecule has 1 N–H and O–H groups in total. The van der Waals surface area contributed by atoms with Gasteiger partial charge in [0.25, 0.3) is 5.91 Å². The zero-order valence-corrected chi connectivity index (χ0v) is 16.3. The Hall–Kier alpha value is -2.51. The lowest BCUT2D eigenvalue weighted by Gasteiger charge is -2.16. The first-order valence-corrected chi connectivity index (χ1v) is 10.1. The second-order valence-electron chi connectivity index (χ2n) is 6.23. The Kier molecular flexibility index (Phi) is 6.03. The molecule has 0 saturated heterocycles. The molecule has 0 spiro atoms. The highest BCUT2D eigenvalue weighted by molar-refractivity contribution is 7.88. The third-order valence-electron chi connectivity index (χ3n) is 4.68. The molecule has 27 heavy (non-hydrogen) atoms. The van der Waals surface area contributed by atoms with E-state index in [2.05, 4.69) is 13.8 Å². The summed E-state index contributed by atoms with van der Waals surface area (Å²) in [5, 5.41) is 0. The van der Waals surface area contributed by atoms with Gasteiger partial charge < -0.3 is 9.64 Å². The van der Waals surface area contributed by atoms with E-state index >= 15 is 0 Å². The normalized spacial score (nSPS) is 15.9. The number of carbonyl (C=O) groups excluding carboxylic acids is 2. The van der Waals surface area contributed by atoms with Crippen molar-refractivity contribution in [1.29, 1.82) is 0 Å². The van der Waals surface area contributed by atoms with Crippen LogP contribution >= 0.6 is 0 Å². The van der Waals surface area contributed by atoms with Gasteiger partial charge in [0.2, 0.25) is 0 Å². The van der Waals surface area contributed by atoms with Crippen molar-refractivity contribution >= 4 is 28.5 Å². The lowest BCUT2D eigenvalue weighted by atomic mass is 10.2. The number of fused-ring (bicyclic) bond motifs is 1. The molecule has 6 nitrogen and oxygen atoms in total. The summed E-state index contributed by atoms with van der Waals surface area (Å²) >= 11 is 0. The van der Waals surface area contributed by atoms with E-state index in [1.807, 2.05) is 0 Å². The van der Waals surface area contributed by atoms with Gasteiger partial charge in [-0.25, -0.2) is 13.3 Å². The van der Waals surface area contributed by atoms with Crippen molar-refractivity contribution in [2.45, 2.75) is 18.7 Å². The second-order valence-corrected chi connectivity index (χ2v) is 7.54.